The predicted octanol–water partition coefficient (Wildman–Crippen LogP) is 3.43. The Morgan fingerprint density at radius 2 is 2.10 bits per heavy atom. The summed E-state index contributed by atoms with van der Waals surface area (Å²) in [5.41, 5.74) is -2.11. The van der Waals surface area contributed by atoms with Crippen LogP contribution in [0.4, 0.5) is 17.6 Å². The van der Waals surface area contributed by atoms with E-state index in [-0.39, 0.29) is 13.1 Å². The van der Waals surface area contributed by atoms with Crippen LogP contribution in [0.2, 0.25) is 0 Å². The van der Waals surface area contributed by atoms with Crippen molar-refractivity contribution in [3.63, 3.8) is 0 Å². The van der Waals surface area contributed by atoms with Crippen molar-refractivity contribution in [2.45, 2.75) is 19.1 Å². The van der Waals surface area contributed by atoms with E-state index in [2.05, 4.69) is 15.9 Å². The van der Waals surface area contributed by atoms with E-state index < -0.39 is 36.3 Å². The lowest BCUT2D eigenvalue weighted by Crippen LogP contribution is -2.47. The number of carboxylic acid groups (broad SMARTS) is 1. The Bertz CT molecular complexity index is 564. The molecule has 21 heavy (non-hydrogen) atoms. The molecule has 8 heteroatoms. The smallest absolute Gasteiger partial charge is 0.406 e. The van der Waals surface area contributed by atoms with Gasteiger partial charge in [-0.15, -0.1) is 0 Å². The van der Waals surface area contributed by atoms with Crippen molar-refractivity contribution in [3.8, 4) is 0 Å². The van der Waals surface area contributed by atoms with Crippen LogP contribution in [0.25, 0.3) is 0 Å². The van der Waals surface area contributed by atoms with Crippen molar-refractivity contribution in [1.82, 2.24) is 4.90 Å². The lowest BCUT2D eigenvalue weighted by molar-refractivity contribution is -0.227. The number of alkyl halides is 3. The number of hydrogen-bond acceptors (Lipinski definition) is 2. The average Bonchev–Trinajstić information content (AvgIpc) is 2.77. The van der Waals surface area contributed by atoms with E-state index in [4.69, 9.17) is 5.11 Å². The van der Waals surface area contributed by atoms with Gasteiger partial charge in [-0.2, -0.15) is 13.2 Å². The van der Waals surface area contributed by atoms with Crippen molar-refractivity contribution in [3.05, 3.63) is 34.1 Å². The number of aliphatic carboxylic acids is 1. The zero-order valence-corrected chi connectivity index (χ0v) is 12.3. The first-order valence-corrected chi connectivity index (χ1v) is 6.91. The highest BCUT2D eigenvalue weighted by molar-refractivity contribution is 9.10. The number of nitrogens with zero attached hydrogens (tertiary/aromatic N) is 1. The van der Waals surface area contributed by atoms with Crippen LogP contribution >= 0.6 is 15.9 Å². The molecule has 0 aromatic heterocycles. The van der Waals surface area contributed by atoms with E-state index in [9.17, 15) is 22.4 Å². The third kappa shape index (κ3) is 3.06. The molecule has 1 aliphatic rings. The van der Waals surface area contributed by atoms with Crippen LogP contribution in [0.5, 0.6) is 0 Å². The first-order chi connectivity index (χ1) is 9.65. The number of carboxylic acids is 1. The second kappa shape index (κ2) is 5.57. The molecule has 0 saturated carbocycles. The first-order valence-electron chi connectivity index (χ1n) is 6.12. The van der Waals surface area contributed by atoms with Gasteiger partial charge in [0.1, 0.15) is 5.82 Å². The van der Waals surface area contributed by atoms with Crippen molar-refractivity contribution < 1.29 is 27.5 Å². The molecule has 3 nitrogen and oxygen atoms in total. The summed E-state index contributed by atoms with van der Waals surface area (Å²) < 4.78 is 52.6. The van der Waals surface area contributed by atoms with E-state index in [1.54, 1.807) is 0 Å². The highest BCUT2D eigenvalue weighted by Crippen LogP contribution is 2.46. The zero-order valence-electron chi connectivity index (χ0n) is 10.8. The largest absolute Gasteiger partial charge is 0.481 e. The Morgan fingerprint density at radius 1 is 1.43 bits per heavy atom. The fourth-order valence-electron chi connectivity index (χ4n) is 2.44. The molecule has 1 aliphatic heterocycles. The minimum atomic E-state index is -4.80. The monoisotopic (exact) mass is 369 g/mol. The number of benzene rings is 1. The van der Waals surface area contributed by atoms with Gasteiger partial charge in [0.2, 0.25) is 0 Å². The van der Waals surface area contributed by atoms with Gasteiger partial charge in [0.25, 0.3) is 0 Å². The van der Waals surface area contributed by atoms with Crippen molar-refractivity contribution in [1.29, 1.82) is 0 Å². The Balaban J connectivity index is 2.17. The average molecular weight is 370 g/mol. The third-order valence-corrected chi connectivity index (χ3v) is 4.45. The van der Waals surface area contributed by atoms with Crippen molar-refractivity contribution in [2.75, 3.05) is 13.1 Å². The van der Waals surface area contributed by atoms with Gasteiger partial charge in [0, 0.05) is 24.1 Å². The molecule has 1 fully saturated rings. The topological polar surface area (TPSA) is 40.5 Å². The maximum absolute atomic E-state index is 13.0. The molecule has 1 aromatic carbocycles. The summed E-state index contributed by atoms with van der Waals surface area (Å²) >= 11 is 3.15. The molecule has 0 radical (unpaired) electrons. The van der Waals surface area contributed by atoms with E-state index in [0.717, 1.165) is 0 Å². The SMILES string of the molecule is O=C(O)C1(C(F)(F)F)CCN(Cc2ccc(F)cc2Br)C1. The van der Waals surface area contributed by atoms with Crippen LogP contribution in [0, 0.1) is 11.2 Å². The molecule has 2 rings (SSSR count). The molecule has 1 atom stereocenters. The quantitative estimate of drug-likeness (QED) is 0.829. The second-order valence-electron chi connectivity index (χ2n) is 5.08. The lowest BCUT2D eigenvalue weighted by Gasteiger charge is -2.27. The predicted molar refractivity (Wildman–Crippen MR) is 70.1 cm³/mol. The van der Waals surface area contributed by atoms with Gasteiger partial charge in [-0.05, 0) is 24.1 Å². The van der Waals surface area contributed by atoms with Gasteiger partial charge >= 0.3 is 12.1 Å². The number of halogens is 5. The van der Waals surface area contributed by atoms with E-state index in [1.165, 1.54) is 23.1 Å². The Morgan fingerprint density at radius 3 is 2.57 bits per heavy atom. The van der Waals surface area contributed by atoms with Gasteiger partial charge < -0.3 is 5.11 Å². The molecule has 0 spiro atoms. The van der Waals surface area contributed by atoms with Gasteiger partial charge in [-0.3, -0.25) is 9.69 Å². The Hall–Kier alpha value is -1.15. The van der Waals surface area contributed by atoms with Crippen LogP contribution < -0.4 is 0 Å². The van der Waals surface area contributed by atoms with Crippen LogP contribution in [0.3, 0.4) is 0 Å². The number of hydrogen-bond donors (Lipinski definition) is 1. The standard InChI is InChI=1S/C13H12BrF4NO2/c14-10-5-9(15)2-1-8(10)6-19-4-3-12(7-19,11(20)21)13(16,17)18/h1-2,5H,3-4,6-7H2,(H,20,21). The van der Waals surface area contributed by atoms with Crippen molar-refractivity contribution >= 4 is 21.9 Å². The second-order valence-corrected chi connectivity index (χ2v) is 5.94. The molecule has 0 amide bonds. The molecule has 116 valence electrons. The number of rotatable bonds is 3. The van der Waals surface area contributed by atoms with Crippen LogP contribution in [-0.2, 0) is 11.3 Å². The van der Waals surface area contributed by atoms with E-state index >= 15 is 0 Å². The highest BCUT2D eigenvalue weighted by atomic mass is 79.9. The minimum Gasteiger partial charge on any atom is -0.481 e. The molecule has 1 unspecified atom stereocenters. The first kappa shape index (κ1) is 16.2. The summed E-state index contributed by atoms with van der Waals surface area (Å²) in [6, 6.07) is 3.90. The summed E-state index contributed by atoms with van der Waals surface area (Å²) in [5, 5.41) is 8.97. The van der Waals surface area contributed by atoms with Crippen LogP contribution in [-0.4, -0.2) is 35.2 Å². The molecule has 0 bridgehead atoms. The van der Waals surface area contributed by atoms with Gasteiger partial charge in [-0.1, -0.05) is 22.0 Å². The lowest BCUT2D eigenvalue weighted by atomic mass is 9.86. The van der Waals surface area contributed by atoms with Gasteiger partial charge in [-0.25, -0.2) is 4.39 Å². The normalized spacial score (nSPS) is 23.5. The van der Waals surface area contributed by atoms with E-state index in [0.29, 0.717) is 10.0 Å². The van der Waals surface area contributed by atoms with Gasteiger partial charge in [0.05, 0.1) is 0 Å². The minimum absolute atomic E-state index is 0.0234. The summed E-state index contributed by atoms with van der Waals surface area (Å²) in [5.74, 6) is -2.31. The van der Waals surface area contributed by atoms with Crippen molar-refractivity contribution in [2.24, 2.45) is 5.41 Å². The molecule has 1 saturated heterocycles. The fourth-order valence-corrected chi connectivity index (χ4v) is 2.92. The molecule has 1 heterocycles. The number of likely N-dealkylation sites (tertiary alicyclic amines) is 1. The molecular formula is C13H12BrF4NO2. The maximum Gasteiger partial charge on any atom is 0.406 e. The highest BCUT2D eigenvalue weighted by Gasteiger charge is 2.63. The van der Waals surface area contributed by atoms with Gasteiger partial charge in [0.15, 0.2) is 5.41 Å². The zero-order chi connectivity index (χ0) is 15.8. The van der Waals surface area contributed by atoms with Crippen LogP contribution in [0.15, 0.2) is 22.7 Å². The number of carbonyl (C=O) groups is 1. The summed E-state index contributed by atoms with van der Waals surface area (Å²) in [6.07, 6.45) is -5.28. The Labute approximate surface area is 126 Å². The fraction of sp³-hybridized carbons (Fsp3) is 0.462. The molecule has 0 aliphatic carbocycles. The summed E-state index contributed by atoms with van der Waals surface area (Å²) in [4.78, 5) is 12.5. The molecule has 1 aromatic rings. The third-order valence-electron chi connectivity index (χ3n) is 3.71. The maximum atomic E-state index is 13.0. The van der Waals surface area contributed by atoms with E-state index in [1.807, 2.05) is 0 Å². The summed E-state index contributed by atoms with van der Waals surface area (Å²) in [7, 11) is 0. The molecular weight excluding hydrogens is 358 g/mol. The molecule has 1 N–H and O–H groups in total. The Kier molecular flexibility index (Phi) is 4.30. The summed E-state index contributed by atoms with van der Waals surface area (Å²) in [6.45, 7) is -0.447. The van der Waals surface area contributed by atoms with Crippen LogP contribution in [0.1, 0.15) is 12.0 Å².